The number of likely N-dealkylation sites (tertiary alicyclic amines) is 1. The Kier molecular flexibility index (Phi) is 18.9. The molecule has 0 aliphatic carbocycles. The number of methoxy groups -OCH3 is 2. The highest BCUT2D eigenvalue weighted by Crippen LogP contribution is 2.39. The van der Waals surface area contributed by atoms with E-state index in [1.54, 1.807) is 31.3 Å². The first-order valence-electron chi connectivity index (χ1n) is 26.1. The van der Waals surface area contributed by atoms with E-state index in [4.69, 9.17) is 23.7 Å². The van der Waals surface area contributed by atoms with Crippen LogP contribution in [0.25, 0.3) is 0 Å². The molecule has 0 spiro atoms. The van der Waals surface area contributed by atoms with E-state index >= 15 is 0 Å². The zero-order valence-corrected chi connectivity index (χ0v) is 44.1. The van der Waals surface area contributed by atoms with Crippen LogP contribution in [-0.4, -0.2) is 104 Å². The highest BCUT2D eigenvalue weighted by molar-refractivity contribution is 6.24. The quantitative estimate of drug-likeness (QED) is 0.0386. The minimum absolute atomic E-state index is 0.0150. The van der Waals surface area contributed by atoms with Crippen molar-refractivity contribution in [1.82, 2.24) is 20.4 Å². The summed E-state index contributed by atoms with van der Waals surface area (Å²) in [4.78, 5) is 96.9. The number of nitrogens with zero attached hydrogens (tertiary/aromatic N) is 2. The van der Waals surface area contributed by atoms with Crippen molar-refractivity contribution in [2.75, 3.05) is 40.5 Å². The maximum atomic E-state index is 14.5. The summed E-state index contributed by atoms with van der Waals surface area (Å²) in [5, 5.41) is 5.40. The highest BCUT2D eigenvalue weighted by atomic mass is 16.5. The molecule has 398 valence electrons. The Morgan fingerprint density at radius 1 is 0.800 bits per heavy atom. The lowest BCUT2D eigenvalue weighted by Crippen LogP contribution is -2.51. The van der Waals surface area contributed by atoms with Crippen LogP contribution in [0.15, 0.2) is 85.1 Å². The van der Waals surface area contributed by atoms with Crippen LogP contribution in [0.2, 0.25) is 0 Å². The fraction of sp³-hybridized carbons (Fsp3) is 0.441. The van der Waals surface area contributed by atoms with Gasteiger partial charge in [0.15, 0.2) is 23.9 Å². The van der Waals surface area contributed by atoms with Crippen LogP contribution in [-0.2, 0) is 35.1 Å². The summed E-state index contributed by atoms with van der Waals surface area (Å²) in [5.74, 6) is -1.77. The zero-order valence-electron chi connectivity index (χ0n) is 44.1. The summed E-state index contributed by atoms with van der Waals surface area (Å²) in [6.07, 6.45) is 5.53. The molecule has 75 heavy (non-hydrogen) atoms. The molecule has 3 heterocycles. The number of fused-ring (bicyclic) bond motifs is 1. The third-order valence-electron chi connectivity index (χ3n) is 14.4. The van der Waals surface area contributed by atoms with Gasteiger partial charge in [-0.2, -0.15) is 0 Å². The lowest BCUT2D eigenvalue weighted by molar-refractivity contribution is -0.162. The Labute approximate surface area is 439 Å². The summed E-state index contributed by atoms with van der Waals surface area (Å²) in [7, 11) is 3.15. The fourth-order valence-electron chi connectivity index (χ4n) is 10.2. The van der Waals surface area contributed by atoms with Crippen molar-refractivity contribution in [3.63, 3.8) is 0 Å². The smallest absolute Gasteiger partial charge is 0.329 e. The summed E-state index contributed by atoms with van der Waals surface area (Å²) >= 11 is 0. The number of allylic oxidation sites excluding steroid dienone is 1. The first kappa shape index (κ1) is 55.3. The number of para-hydroxylation sites is 1. The number of unbranched alkanes of at least 4 members (excludes halogenated alkanes) is 2. The number of nitrogens with one attached hydrogen (secondary N) is 2. The molecular weight excluding hydrogens is 957 g/mol. The molecule has 4 atom stereocenters. The number of carbonyl (C=O) groups excluding carboxylic acids is 7. The van der Waals surface area contributed by atoms with Crippen LogP contribution in [0.3, 0.4) is 0 Å². The standard InChI is InChI=1S/C59H70N4O12/c1-8-43(41-32-38(4)54(72-7)51(33-41)71-6)56(67)62-30-15-13-20-47(62)59(70)75-49(28-26-40-25-23-36(2)37(3)31-40)44-18-11-12-21-48(44)73-34-42(64)17-10-9-14-29-60-52(65)35-74-50-22-16-19-45-53(50)58(69)63(57(45)68)46-27-24-39(5)61-55(46)66/h11-12,16,18-19,21-23,25,31-33,43,46-47,49H,5,8-10,13-15,17,20,24,26-30,34-35H2,1-4,6-7H3,(H,60,65)(H,61,66)/t43-,46?,47-,49+/m0/s1. The molecule has 16 heteroatoms. The normalized spacial score (nSPS) is 17.1. The molecule has 0 bridgehead atoms. The van der Waals surface area contributed by atoms with E-state index < -0.39 is 60.3 Å². The molecule has 2 saturated heterocycles. The maximum Gasteiger partial charge on any atom is 0.329 e. The van der Waals surface area contributed by atoms with Gasteiger partial charge in [-0.25, -0.2) is 4.79 Å². The number of rotatable bonds is 24. The van der Waals surface area contributed by atoms with E-state index in [-0.39, 0.29) is 48.0 Å². The number of benzene rings is 4. The zero-order chi connectivity index (χ0) is 53.8. The molecule has 2 fully saturated rings. The summed E-state index contributed by atoms with van der Waals surface area (Å²) in [5.41, 5.74) is 6.33. The van der Waals surface area contributed by atoms with Gasteiger partial charge >= 0.3 is 5.97 Å². The van der Waals surface area contributed by atoms with Crippen molar-refractivity contribution >= 4 is 41.3 Å². The third-order valence-corrected chi connectivity index (χ3v) is 14.4. The van der Waals surface area contributed by atoms with E-state index in [0.717, 1.165) is 40.0 Å². The Morgan fingerprint density at radius 2 is 1.57 bits per heavy atom. The molecule has 3 aliphatic heterocycles. The highest BCUT2D eigenvalue weighted by Gasteiger charge is 2.46. The van der Waals surface area contributed by atoms with E-state index in [0.29, 0.717) is 93.0 Å². The number of carbonyl (C=O) groups is 7. The molecule has 1 unspecified atom stereocenters. The average molecular weight is 1030 g/mol. The second kappa shape index (κ2) is 25.6. The van der Waals surface area contributed by atoms with Gasteiger partial charge in [0.2, 0.25) is 11.8 Å². The largest absolute Gasteiger partial charge is 0.493 e. The molecule has 0 radical (unpaired) electrons. The second-order valence-electron chi connectivity index (χ2n) is 19.6. The Balaban J connectivity index is 0.921. The van der Waals surface area contributed by atoms with Crippen LogP contribution < -0.4 is 29.6 Å². The summed E-state index contributed by atoms with van der Waals surface area (Å²) in [6.45, 7) is 11.9. The second-order valence-corrected chi connectivity index (χ2v) is 19.6. The lowest BCUT2D eigenvalue weighted by atomic mass is 9.91. The molecule has 16 nitrogen and oxygen atoms in total. The third kappa shape index (κ3) is 13.3. The van der Waals surface area contributed by atoms with Crippen molar-refractivity contribution in [1.29, 1.82) is 0 Å². The van der Waals surface area contributed by atoms with E-state index in [2.05, 4.69) is 49.3 Å². The first-order valence-corrected chi connectivity index (χ1v) is 26.1. The van der Waals surface area contributed by atoms with Crippen LogP contribution in [0.5, 0.6) is 23.0 Å². The van der Waals surface area contributed by atoms with Crippen LogP contribution >= 0.6 is 0 Å². The number of esters is 1. The van der Waals surface area contributed by atoms with Crippen molar-refractivity contribution in [2.24, 2.45) is 0 Å². The number of hydrogen-bond acceptors (Lipinski definition) is 12. The van der Waals surface area contributed by atoms with Gasteiger partial charge < -0.3 is 39.2 Å². The molecular formula is C59H70N4O12. The van der Waals surface area contributed by atoms with Gasteiger partial charge in [-0.3, -0.25) is 33.7 Å². The molecule has 4 aromatic carbocycles. The number of amides is 5. The fourth-order valence-corrected chi connectivity index (χ4v) is 10.2. The van der Waals surface area contributed by atoms with Gasteiger partial charge in [-0.05, 0) is 137 Å². The van der Waals surface area contributed by atoms with E-state index in [1.165, 1.54) is 17.7 Å². The Hall–Kier alpha value is -7.49. The lowest BCUT2D eigenvalue weighted by Gasteiger charge is -2.37. The maximum absolute atomic E-state index is 14.5. The minimum atomic E-state index is -0.971. The number of aryl methyl sites for hydroxylation is 4. The number of Topliss-reactive ketones (excluding diaryl/α,β-unsaturated/α-hetero) is 1. The SMILES string of the molecule is C=C1CCC(N2C(=O)c3cccc(OCC(=O)NCCCCCC(=O)COc4ccccc4[C@@H](CCc4ccc(C)c(C)c4)OC(=O)[C@@H]4CCCCN4C(=O)[C@@H](CC)c4cc(C)c(OC)c(OC)c4)c3C2=O)C(=O)N1. The van der Waals surface area contributed by atoms with Crippen LogP contribution in [0.1, 0.15) is 144 Å². The number of hydrogen-bond donors (Lipinski definition) is 2. The van der Waals surface area contributed by atoms with Crippen molar-refractivity contribution in [3.05, 3.63) is 130 Å². The topological polar surface area (TPSA) is 196 Å². The van der Waals surface area contributed by atoms with Gasteiger partial charge in [0, 0.05) is 30.8 Å². The predicted molar refractivity (Wildman–Crippen MR) is 281 cm³/mol. The van der Waals surface area contributed by atoms with Crippen LogP contribution in [0, 0.1) is 20.8 Å². The van der Waals surface area contributed by atoms with Gasteiger partial charge in [0.05, 0.1) is 31.3 Å². The molecule has 5 amide bonds. The molecule has 7 rings (SSSR count). The van der Waals surface area contributed by atoms with Crippen molar-refractivity contribution in [3.8, 4) is 23.0 Å². The summed E-state index contributed by atoms with van der Waals surface area (Å²) < 4.78 is 29.6. The minimum Gasteiger partial charge on any atom is -0.493 e. The number of piperidine rings is 2. The number of ketones is 1. The molecule has 4 aromatic rings. The monoisotopic (exact) mass is 1030 g/mol. The molecule has 0 saturated carbocycles. The predicted octanol–water partition coefficient (Wildman–Crippen LogP) is 8.51. The van der Waals surface area contributed by atoms with Gasteiger partial charge in [-0.15, -0.1) is 0 Å². The average Bonchev–Trinajstić information content (AvgIpc) is 3.66. The van der Waals surface area contributed by atoms with Crippen molar-refractivity contribution < 1.29 is 57.2 Å². The van der Waals surface area contributed by atoms with Crippen LogP contribution in [0.4, 0.5) is 0 Å². The van der Waals surface area contributed by atoms with E-state index in [1.807, 2.05) is 44.2 Å². The first-order chi connectivity index (χ1) is 36.1. The number of ether oxygens (including phenoxy) is 5. The summed E-state index contributed by atoms with van der Waals surface area (Å²) in [6, 6.07) is 20.2. The van der Waals surface area contributed by atoms with Gasteiger partial charge in [-0.1, -0.05) is 68.5 Å². The Bertz CT molecular complexity index is 2810. The van der Waals surface area contributed by atoms with Gasteiger partial charge in [0.25, 0.3) is 17.7 Å². The molecule has 3 aliphatic rings. The molecule has 2 N–H and O–H groups in total. The van der Waals surface area contributed by atoms with E-state index in [9.17, 15) is 33.6 Å². The van der Waals surface area contributed by atoms with Gasteiger partial charge in [0.1, 0.15) is 36.3 Å². The van der Waals surface area contributed by atoms with Crippen molar-refractivity contribution in [2.45, 2.75) is 129 Å². The Morgan fingerprint density at radius 3 is 2.32 bits per heavy atom. The number of imide groups is 1. The molecule has 0 aromatic heterocycles.